The lowest BCUT2D eigenvalue weighted by molar-refractivity contribution is 0.0691. The summed E-state index contributed by atoms with van der Waals surface area (Å²) in [5.41, 5.74) is 0.222. The van der Waals surface area contributed by atoms with E-state index in [1.807, 2.05) is 0 Å². The van der Waals surface area contributed by atoms with Gasteiger partial charge in [0.1, 0.15) is 23.7 Å². The molecule has 0 aliphatic heterocycles. The number of rotatable bonds is 4. The van der Waals surface area contributed by atoms with Crippen molar-refractivity contribution in [2.24, 2.45) is 0 Å². The van der Waals surface area contributed by atoms with Gasteiger partial charge in [-0.3, -0.25) is 0 Å². The molecule has 19 heavy (non-hydrogen) atoms. The first-order valence-corrected chi connectivity index (χ1v) is 5.85. The van der Waals surface area contributed by atoms with Crippen LogP contribution in [0.3, 0.4) is 0 Å². The van der Waals surface area contributed by atoms with Crippen LogP contribution in [-0.4, -0.2) is 11.1 Å². The Morgan fingerprint density at radius 3 is 2.63 bits per heavy atom. The molecule has 0 bridgehead atoms. The molecule has 0 heterocycles. The van der Waals surface area contributed by atoms with Crippen LogP contribution in [0.15, 0.2) is 42.5 Å². The third kappa shape index (κ3) is 3.03. The molecular formula is C14H10ClFO3. The second-order valence-electron chi connectivity index (χ2n) is 3.79. The molecule has 0 saturated carbocycles. The zero-order chi connectivity index (χ0) is 13.8. The Balaban J connectivity index is 2.22. The van der Waals surface area contributed by atoms with Crippen LogP contribution in [0, 0.1) is 5.82 Å². The third-order valence-electron chi connectivity index (χ3n) is 2.55. The summed E-state index contributed by atoms with van der Waals surface area (Å²) in [6.45, 7) is -0.129. The van der Waals surface area contributed by atoms with E-state index in [0.717, 1.165) is 0 Å². The van der Waals surface area contributed by atoms with Crippen LogP contribution in [0.25, 0.3) is 0 Å². The molecule has 0 radical (unpaired) electrons. The van der Waals surface area contributed by atoms with Crippen molar-refractivity contribution < 1.29 is 19.0 Å². The zero-order valence-corrected chi connectivity index (χ0v) is 10.5. The fourth-order valence-corrected chi connectivity index (χ4v) is 1.81. The predicted octanol–water partition coefficient (Wildman–Crippen LogP) is 3.76. The quantitative estimate of drug-likeness (QED) is 0.927. The van der Waals surface area contributed by atoms with E-state index in [1.54, 1.807) is 18.2 Å². The summed E-state index contributed by atoms with van der Waals surface area (Å²) in [5, 5.41) is 9.24. The molecule has 0 atom stereocenters. The molecule has 2 aromatic rings. The fraction of sp³-hybridized carbons (Fsp3) is 0.0714. The summed E-state index contributed by atoms with van der Waals surface area (Å²) in [6, 6.07) is 10.5. The summed E-state index contributed by atoms with van der Waals surface area (Å²) < 4.78 is 18.9. The highest BCUT2D eigenvalue weighted by atomic mass is 35.5. The van der Waals surface area contributed by atoms with E-state index in [9.17, 15) is 9.18 Å². The van der Waals surface area contributed by atoms with Gasteiger partial charge in [0.15, 0.2) is 0 Å². The molecule has 0 spiro atoms. The van der Waals surface area contributed by atoms with Crippen molar-refractivity contribution in [2.45, 2.75) is 6.61 Å². The smallest absolute Gasteiger partial charge is 0.339 e. The Kier molecular flexibility index (Phi) is 4.02. The standard InChI is InChI=1S/C14H10ClFO3/c15-11-5-3-6-12(16)10(11)8-19-13-7-2-1-4-9(13)14(17)18/h1-7H,8H2,(H,17,18). The lowest BCUT2D eigenvalue weighted by Gasteiger charge is -2.10. The van der Waals surface area contributed by atoms with Crippen molar-refractivity contribution in [3.63, 3.8) is 0 Å². The van der Waals surface area contributed by atoms with Crippen molar-refractivity contribution in [3.8, 4) is 5.75 Å². The molecule has 2 rings (SSSR count). The van der Waals surface area contributed by atoms with E-state index in [0.29, 0.717) is 0 Å². The number of halogens is 2. The van der Waals surface area contributed by atoms with Gasteiger partial charge in [0.25, 0.3) is 0 Å². The first-order chi connectivity index (χ1) is 9.09. The van der Waals surface area contributed by atoms with Gasteiger partial charge in [-0.1, -0.05) is 29.8 Å². The number of benzene rings is 2. The van der Waals surface area contributed by atoms with Crippen molar-refractivity contribution in [2.75, 3.05) is 0 Å². The zero-order valence-electron chi connectivity index (χ0n) is 9.77. The minimum Gasteiger partial charge on any atom is -0.488 e. The number of hydrogen-bond acceptors (Lipinski definition) is 2. The maximum atomic E-state index is 13.5. The van der Waals surface area contributed by atoms with Crippen LogP contribution in [0.4, 0.5) is 4.39 Å². The average molecular weight is 281 g/mol. The number of carboxylic acid groups (broad SMARTS) is 1. The second-order valence-corrected chi connectivity index (χ2v) is 4.20. The summed E-state index contributed by atoms with van der Waals surface area (Å²) >= 11 is 5.86. The minimum absolute atomic E-state index is 0.0231. The first-order valence-electron chi connectivity index (χ1n) is 5.47. The molecule has 98 valence electrons. The predicted molar refractivity (Wildman–Crippen MR) is 69.1 cm³/mol. The van der Waals surface area contributed by atoms with Crippen molar-refractivity contribution in [3.05, 3.63) is 64.4 Å². The van der Waals surface area contributed by atoms with Crippen molar-refractivity contribution in [1.29, 1.82) is 0 Å². The molecule has 1 N–H and O–H groups in total. The summed E-state index contributed by atoms with van der Waals surface area (Å²) in [4.78, 5) is 11.0. The van der Waals surface area contributed by atoms with Gasteiger partial charge in [-0.15, -0.1) is 0 Å². The van der Waals surface area contributed by atoms with E-state index in [-0.39, 0.29) is 28.5 Å². The highest BCUT2D eigenvalue weighted by Gasteiger charge is 2.12. The van der Waals surface area contributed by atoms with Crippen molar-refractivity contribution in [1.82, 2.24) is 0 Å². The number of carbonyl (C=O) groups is 1. The lowest BCUT2D eigenvalue weighted by Crippen LogP contribution is -2.04. The van der Waals surface area contributed by atoms with Gasteiger partial charge in [-0.2, -0.15) is 0 Å². The van der Waals surface area contributed by atoms with Gasteiger partial charge in [-0.25, -0.2) is 9.18 Å². The van der Waals surface area contributed by atoms with E-state index in [1.165, 1.54) is 24.3 Å². The van der Waals surface area contributed by atoms with E-state index >= 15 is 0 Å². The lowest BCUT2D eigenvalue weighted by atomic mass is 10.2. The highest BCUT2D eigenvalue weighted by molar-refractivity contribution is 6.31. The second kappa shape index (κ2) is 5.71. The Labute approximate surface area is 114 Å². The van der Waals surface area contributed by atoms with Crippen molar-refractivity contribution >= 4 is 17.6 Å². The van der Waals surface area contributed by atoms with Crippen LogP contribution in [0.5, 0.6) is 5.75 Å². The minimum atomic E-state index is -1.10. The van der Waals surface area contributed by atoms with E-state index in [4.69, 9.17) is 21.4 Å². The van der Waals surface area contributed by atoms with Gasteiger partial charge >= 0.3 is 5.97 Å². The van der Waals surface area contributed by atoms with Gasteiger partial charge in [0.2, 0.25) is 0 Å². The van der Waals surface area contributed by atoms with Crippen LogP contribution in [0.2, 0.25) is 5.02 Å². The summed E-state index contributed by atoms with van der Waals surface area (Å²) in [6.07, 6.45) is 0. The van der Waals surface area contributed by atoms with Gasteiger partial charge < -0.3 is 9.84 Å². The molecule has 5 heteroatoms. The van der Waals surface area contributed by atoms with Crippen LogP contribution < -0.4 is 4.74 Å². The normalized spacial score (nSPS) is 10.2. The Morgan fingerprint density at radius 1 is 1.21 bits per heavy atom. The number of aromatic carboxylic acids is 1. The summed E-state index contributed by atoms with van der Waals surface area (Å²) in [5.74, 6) is -1.41. The SMILES string of the molecule is O=C(O)c1ccccc1OCc1c(F)cccc1Cl. The topological polar surface area (TPSA) is 46.5 Å². The van der Waals surface area contributed by atoms with Gasteiger partial charge in [-0.05, 0) is 24.3 Å². The Bertz CT molecular complexity index is 593. The third-order valence-corrected chi connectivity index (χ3v) is 2.91. The number of carboxylic acids is 1. The van der Waals surface area contributed by atoms with E-state index in [2.05, 4.69) is 0 Å². The maximum absolute atomic E-state index is 13.5. The first kappa shape index (κ1) is 13.4. The van der Waals surface area contributed by atoms with Gasteiger partial charge in [0.05, 0.1) is 5.02 Å². The number of para-hydroxylation sites is 1. The summed E-state index contributed by atoms with van der Waals surface area (Å²) in [7, 11) is 0. The molecule has 0 aromatic heterocycles. The van der Waals surface area contributed by atoms with Crippen LogP contribution in [-0.2, 0) is 6.61 Å². The molecule has 0 unspecified atom stereocenters. The molecule has 0 aliphatic carbocycles. The fourth-order valence-electron chi connectivity index (χ4n) is 1.59. The Hall–Kier alpha value is -2.07. The average Bonchev–Trinajstić information content (AvgIpc) is 2.38. The molecule has 0 amide bonds. The monoisotopic (exact) mass is 280 g/mol. The largest absolute Gasteiger partial charge is 0.488 e. The van der Waals surface area contributed by atoms with Gasteiger partial charge in [0, 0.05) is 5.56 Å². The Morgan fingerprint density at radius 2 is 1.95 bits per heavy atom. The van der Waals surface area contributed by atoms with Crippen LogP contribution in [0.1, 0.15) is 15.9 Å². The highest BCUT2D eigenvalue weighted by Crippen LogP contribution is 2.23. The molecule has 0 aliphatic rings. The molecule has 0 saturated heterocycles. The number of ether oxygens (including phenoxy) is 1. The van der Waals surface area contributed by atoms with Crippen LogP contribution >= 0.6 is 11.6 Å². The molecule has 0 fully saturated rings. The molecule has 3 nitrogen and oxygen atoms in total. The molecule has 2 aromatic carbocycles. The van der Waals surface area contributed by atoms with E-state index < -0.39 is 11.8 Å². The number of hydrogen-bond donors (Lipinski definition) is 1. The molecular weight excluding hydrogens is 271 g/mol. The maximum Gasteiger partial charge on any atom is 0.339 e.